The van der Waals surface area contributed by atoms with Gasteiger partial charge in [-0.2, -0.15) is 0 Å². The molecule has 0 saturated heterocycles. The van der Waals surface area contributed by atoms with E-state index in [0.717, 1.165) is 16.9 Å². The first-order valence-electron chi connectivity index (χ1n) is 7.36. The number of nitrogens with one attached hydrogen (secondary N) is 2. The first kappa shape index (κ1) is 15.5. The van der Waals surface area contributed by atoms with Crippen LogP contribution in [0, 0.1) is 6.92 Å². The number of pyridine rings is 1. The summed E-state index contributed by atoms with van der Waals surface area (Å²) in [7, 11) is 1.62. The lowest BCUT2D eigenvalue weighted by Gasteiger charge is -2.14. The Balaban J connectivity index is 1.90. The van der Waals surface area contributed by atoms with Gasteiger partial charge in [-0.15, -0.1) is 0 Å². The molecule has 122 valence electrons. The average Bonchev–Trinajstić information content (AvgIpc) is 2.60. The number of nitrogen functional groups attached to an aromatic ring is 1. The van der Waals surface area contributed by atoms with Gasteiger partial charge in [0.15, 0.2) is 11.6 Å². The average molecular weight is 322 g/mol. The van der Waals surface area contributed by atoms with Crippen LogP contribution in [-0.2, 0) is 0 Å². The molecule has 0 aliphatic carbocycles. The molecule has 0 radical (unpaired) electrons. The zero-order valence-corrected chi connectivity index (χ0v) is 13.4. The van der Waals surface area contributed by atoms with Crippen molar-refractivity contribution in [3.8, 4) is 5.75 Å². The van der Waals surface area contributed by atoms with E-state index in [4.69, 9.17) is 10.5 Å². The monoisotopic (exact) mass is 322 g/mol. The summed E-state index contributed by atoms with van der Waals surface area (Å²) in [6.07, 6.45) is 4.84. The predicted octanol–water partition coefficient (Wildman–Crippen LogP) is 3.26. The van der Waals surface area contributed by atoms with Gasteiger partial charge in [0, 0.05) is 6.20 Å². The lowest BCUT2D eigenvalue weighted by atomic mass is 10.2. The standard InChI is InChI=1S/C17H18N6O/c1-11-5-6-14(24-2)13(8-11)23-17-15(18)16(20-10-21-17)22-12-4-3-7-19-9-12/h3-10H,18H2,1-2H3,(H2,20,21,22,23). The number of benzene rings is 1. The molecule has 0 amide bonds. The first-order valence-corrected chi connectivity index (χ1v) is 7.36. The van der Waals surface area contributed by atoms with E-state index in [0.29, 0.717) is 23.1 Å². The van der Waals surface area contributed by atoms with Gasteiger partial charge >= 0.3 is 0 Å². The third kappa shape index (κ3) is 3.35. The minimum atomic E-state index is 0.407. The summed E-state index contributed by atoms with van der Waals surface area (Å²) < 4.78 is 5.37. The van der Waals surface area contributed by atoms with Crippen molar-refractivity contribution < 1.29 is 4.74 Å². The second-order valence-electron chi connectivity index (χ2n) is 5.18. The lowest BCUT2D eigenvalue weighted by molar-refractivity contribution is 0.416. The van der Waals surface area contributed by atoms with Crippen LogP contribution in [0.1, 0.15) is 5.56 Å². The van der Waals surface area contributed by atoms with Gasteiger partial charge in [-0.1, -0.05) is 6.07 Å². The number of rotatable bonds is 5. The largest absolute Gasteiger partial charge is 0.495 e. The molecule has 2 aromatic heterocycles. The van der Waals surface area contributed by atoms with Crippen LogP contribution in [0.25, 0.3) is 0 Å². The molecule has 2 heterocycles. The summed E-state index contributed by atoms with van der Waals surface area (Å²) in [5, 5.41) is 6.33. The first-order chi connectivity index (χ1) is 11.7. The van der Waals surface area contributed by atoms with Gasteiger partial charge in [-0.25, -0.2) is 9.97 Å². The van der Waals surface area contributed by atoms with Gasteiger partial charge < -0.3 is 21.1 Å². The maximum absolute atomic E-state index is 6.20. The van der Waals surface area contributed by atoms with Crippen molar-refractivity contribution in [2.75, 3.05) is 23.5 Å². The maximum atomic E-state index is 6.20. The van der Waals surface area contributed by atoms with Crippen LogP contribution in [0.4, 0.5) is 28.7 Å². The Morgan fingerprint density at radius 2 is 1.88 bits per heavy atom. The van der Waals surface area contributed by atoms with Crippen LogP contribution < -0.4 is 21.1 Å². The number of nitrogens with zero attached hydrogens (tertiary/aromatic N) is 3. The van der Waals surface area contributed by atoms with E-state index in [1.54, 1.807) is 19.5 Å². The Labute approximate surface area is 139 Å². The van der Waals surface area contributed by atoms with Crippen LogP contribution in [0.5, 0.6) is 5.75 Å². The molecule has 0 fully saturated rings. The Bertz CT molecular complexity index is 838. The molecule has 0 unspecified atom stereocenters. The molecule has 7 nitrogen and oxygen atoms in total. The number of aromatic nitrogens is 3. The molecule has 0 aliphatic rings. The van der Waals surface area contributed by atoms with Gasteiger partial charge in [-0.05, 0) is 36.8 Å². The van der Waals surface area contributed by atoms with E-state index in [-0.39, 0.29) is 0 Å². The summed E-state index contributed by atoms with van der Waals surface area (Å²) >= 11 is 0. The van der Waals surface area contributed by atoms with Gasteiger partial charge in [0.1, 0.15) is 17.8 Å². The van der Waals surface area contributed by atoms with E-state index in [1.165, 1.54) is 6.33 Å². The Kier molecular flexibility index (Phi) is 4.42. The molecule has 0 aliphatic heterocycles. The highest BCUT2D eigenvalue weighted by Crippen LogP contribution is 2.32. The Hall–Kier alpha value is -3.35. The predicted molar refractivity (Wildman–Crippen MR) is 95.0 cm³/mol. The normalized spacial score (nSPS) is 10.2. The van der Waals surface area contributed by atoms with Gasteiger partial charge in [0.2, 0.25) is 0 Å². The number of ether oxygens (including phenoxy) is 1. The highest BCUT2D eigenvalue weighted by atomic mass is 16.5. The van der Waals surface area contributed by atoms with Crippen LogP contribution in [0.15, 0.2) is 49.1 Å². The SMILES string of the molecule is COc1ccc(C)cc1Nc1ncnc(Nc2cccnc2)c1N. The van der Waals surface area contributed by atoms with Crippen LogP contribution in [0.3, 0.4) is 0 Å². The Morgan fingerprint density at radius 1 is 1.08 bits per heavy atom. The van der Waals surface area contributed by atoms with Crippen LogP contribution >= 0.6 is 0 Å². The minimum absolute atomic E-state index is 0.407. The van der Waals surface area contributed by atoms with E-state index < -0.39 is 0 Å². The summed E-state index contributed by atoms with van der Waals surface area (Å²) in [5.41, 5.74) is 9.28. The molecule has 0 atom stereocenters. The van der Waals surface area contributed by atoms with Crippen LogP contribution in [0.2, 0.25) is 0 Å². The Morgan fingerprint density at radius 3 is 2.58 bits per heavy atom. The maximum Gasteiger partial charge on any atom is 0.159 e. The number of hydrogen-bond acceptors (Lipinski definition) is 7. The second-order valence-corrected chi connectivity index (χ2v) is 5.18. The molecule has 0 bridgehead atoms. The van der Waals surface area contributed by atoms with Gasteiger partial charge in [0.25, 0.3) is 0 Å². The van der Waals surface area contributed by atoms with E-state index in [9.17, 15) is 0 Å². The molecule has 7 heteroatoms. The summed E-state index contributed by atoms with van der Waals surface area (Å²) in [5.74, 6) is 1.72. The van der Waals surface area contributed by atoms with Crippen molar-refractivity contribution in [3.05, 3.63) is 54.6 Å². The highest BCUT2D eigenvalue weighted by Gasteiger charge is 2.11. The molecule has 0 spiro atoms. The molecular weight excluding hydrogens is 304 g/mol. The molecule has 0 saturated carbocycles. The lowest BCUT2D eigenvalue weighted by Crippen LogP contribution is -2.06. The van der Waals surface area contributed by atoms with E-state index in [2.05, 4.69) is 25.6 Å². The summed E-state index contributed by atoms with van der Waals surface area (Å²) in [6.45, 7) is 2.00. The topological polar surface area (TPSA) is 98.0 Å². The summed E-state index contributed by atoms with van der Waals surface area (Å²) in [6, 6.07) is 9.54. The third-order valence-electron chi connectivity index (χ3n) is 3.42. The fourth-order valence-corrected chi connectivity index (χ4v) is 2.22. The summed E-state index contributed by atoms with van der Waals surface area (Å²) in [4.78, 5) is 12.5. The molecule has 3 aromatic rings. The zero-order chi connectivity index (χ0) is 16.9. The quantitative estimate of drug-likeness (QED) is 0.663. The number of methoxy groups -OCH3 is 1. The fourth-order valence-electron chi connectivity index (χ4n) is 2.22. The van der Waals surface area contributed by atoms with Crippen molar-refractivity contribution in [2.24, 2.45) is 0 Å². The highest BCUT2D eigenvalue weighted by molar-refractivity contribution is 5.81. The fraction of sp³-hybridized carbons (Fsp3) is 0.118. The van der Waals surface area contributed by atoms with Crippen LogP contribution in [-0.4, -0.2) is 22.1 Å². The van der Waals surface area contributed by atoms with Gasteiger partial charge in [0.05, 0.1) is 24.7 Å². The van der Waals surface area contributed by atoms with E-state index >= 15 is 0 Å². The third-order valence-corrected chi connectivity index (χ3v) is 3.42. The minimum Gasteiger partial charge on any atom is -0.495 e. The number of hydrogen-bond donors (Lipinski definition) is 3. The smallest absolute Gasteiger partial charge is 0.159 e. The zero-order valence-electron chi connectivity index (χ0n) is 13.4. The van der Waals surface area contributed by atoms with E-state index in [1.807, 2.05) is 37.3 Å². The number of aryl methyl sites for hydroxylation is 1. The van der Waals surface area contributed by atoms with Crippen molar-refractivity contribution in [2.45, 2.75) is 6.92 Å². The number of nitrogens with two attached hydrogens (primary N) is 1. The van der Waals surface area contributed by atoms with Crippen molar-refractivity contribution in [1.82, 2.24) is 15.0 Å². The van der Waals surface area contributed by atoms with Crippen molar-refractivity contribution in [1.29, 1.82) is 0 Å². The van der Waals surface area contributed by atoms with Crippen molar-refractivity contribution in [3.63, 3.8) is 0 Å². The van der Waals surface area contributed by atoms with Crippen molar-refractivity contribution >= 4 is 28.7 Å². The molecule has 24 heavy (non-hydrogen) atoms. The second kappa shape index (κ2) is 6.82. The molecular formula is C17H18N6O. The molecule has 1 aromatic carbocycles. The number of anilines is 5. The van der Waals surface area contributed by atoms with Gasteiger partial charge in [-0.3, -0.25) is 4.98 Å². The molecule has 3 rings (SSSR count). The molecule has 4 N–H and O–H groups in total.